The number of carbonyl (C=O) groups is 1. The summed E-state index contributed by atoms with van der Waals surface area (Å²) in [5, 5.41) is 10.6. The van der Waals surface area contributed by atoms with Crippen LogP contribution in [0.25, 0.3) is 0 Å². The van der Waals surface area contributed by atoms with Crippen molar-refractivity contribution in [1.29, 1.82) is 5.26 Å². The molecule has 224 valence electrons. The van der Waals surface area contributed by atoms with Crippen LogP contribution in [0.2, 0.25) is 10.0 Å². The summed E-state index contributed by atoms with van der Waals surface area (Å²) in [7, 11) is 4.12. The number of nitrogens with zero attached hydrogens (tertiary/aromatic N) is 7. The first-order valence-corrected chi connectivity index (χ1v) is 14.9. The summed E-state index contributed by atoms with van der Waals surface area (Å²) in [4.78, 5) is 30.1. The molecular formula is C30H36Cl2FN7O2. The summed E-state index contributed by atoms with van der Waals surface area (Å²) in [6.07, 6.45) is 2.87. The van der Waals surface area contributed by atoms with E-state index in [1.807, 2.05) is 18.2 Å². The predicted molar refractivity (Wildman–Crippen MR) is 162 cm³/mol. The van der Waals surface area contributed by atoms with Gasteiger partial charge in [0.2, 0.25) is 0 Å². The van der Waals surface area contributed by atoms with Crippen molar-refractivity contribution in [3.05, 3.63) is 51.9 Å². The molecule has 0 spiro atoms. The first-order valence-electron chi connectivity index (χ1n) is 14.2. The summed E-state index contributed by atoms with van der Waals surface area (Å²) in [5.74, 6) is -1.08. The molecule has 1 aromatic heterocycles. The standard InChI is InChI=1S/C30H36Cl2FN7O2/c1-19-14-22-25(16-40(19)26-23(31)6-5-7-24(26)32)35-29(42-18-30(9-10-30)17-37(3)4)36-27(22)38-12-13-39(28(41)20(2)33)21(15-38)8-11-34/h5-7,19,21H,2,8-10,12-18H2,1,3-4H3/t19?,21-/m0/s1. The first-order chi connectivity index (χ1) is 20.0. The van der Waals surface area contributed by atoms with Crippen LogP contribution in [-0.2, 0) is 17.8 Å². The lowest BCUT2D eigenvalue weighted by atomic mass is 9.97. The Balaban J connectivity index is 1.49. The van der Waals surface area contributed by atoms with Crippen LogP contribution in [0.15, 0.2) is 30.6 Å². The summed E-state index contributed by atoms with van der Waals surface area (Å²) in [5.41, 5.74) is 2.65. The highest BCUT2D eigenvalue weighted by molar-refractivity contribution is 6.39. The average molecular weight is 617 g/mol. The molecule has 0 bridgehead atoms. The topological polar surface area (TPSA) is 88.8 Å². The number of hydrogen-bond acceptors (Lipinski definition) is 8. The fourth-order valence-corrected chi connectivity index (χ4v) is 6.73. The van der Waals surface area contributed by atoms with Gasteiger partial charge in [-0.2, -0.15) is 15.2 Å². The third-order valence-electron chi connectivity index (χ3n) is 8.35. The Morgan fingerprint density at radius 3 is 2.60 bits per heavy atom. The van der Waals surface area contributed by atoms with Crippen molar-refractivity contribution in [2.45, 2.75) is 51.2 Å². The van der Waals surface area contributed by atoms with Gasteiger partial charge in [0.15, 0.2) is 5.83 Å². The third kappa shape index (κ3) is 6.29. The molecule has 1 aromatic carbocycles. The van der Waals surface area contributed by atoms with E-state index in [9.17, 15) is 14.4 Å². The van der Waals surface area contributed by atoms with E-state index in [0.29, 0.717) is 48.7 Å². The molecule has 1 amide bonds. The molecule has 5 rings (SSSR count). The van der Waals surface area contributed by atoms with Gasteiger partial charge in [-0.3, -0.25) is 4.79 Å². The van der Waals surface area contributed by atoms with Gasteiger partial charge in [0.25, 0.3) is 5.91 Å². The molecule has 0 N–H and O–H groups in total. The van der Waals surface area contributed by atoms with E-state index in [1.165, 1.54) is 4.90 Å². The number of halogens is 3. The van der Waals surface area contributed by atoms with Crippen molar-refractivity contribution in [1.82, 2.24) is 19.8 Å². The smallest absolute Gasteiger partial charge is 0.318 e. The molecule has 3 aliphatic rings. The molecule has 3 heterocycles. The second kappa shape index (κ2) is 12.2. The molecule has 2 aromatic rings. The maximum Gasteiger partial charge on any atom is 0.318 e. The Bertz CT molecular complexity index is 1390. The van der Waals surface area contributed by atoms with Crippen LogP contribution in [0, 0.1) is 16.7 Å². The fraction of sp³-hybridized carbons (Fsp3) is 0.533. The fourth-order valence-electron chi connectivity index (χ4n) is 6.11. The zero-order valence-corrected chi connectivity index (χ0v) is 25.8. The number of benzene rings is 1. The lowest BCUT2D eigenvalue weighted by Gasteiger charge is -2.43. The highest BCUT2D eigenvalue weighted by atomic mass is 35.5. The van der Waals surface area contributed by atoms with Crippen LogP contribution in [0.5, 0.6) is 6.01 Å². The number of para-hydroxylation sites is 1. The van der Waals surface area contributed by atoms with E-state index >= 15 is 0 Å². The Morgan fingerprint density at radius 2 is 1.98 bits per heavy atom. The van der Waals surface area contributed by atoms with E-state index in [-0.39, 0.29) is 24.4 Å². The Morgan fingerprint density at radius 1 is 1.26 bits per heavy atom. The Kier molecular flexibility index (Phi) is 8.83. The minimum Gasteiger partial charge on any atom is -0.463 e. The molecule has 42 heavy (non-hydrogen) atoms. The van der Waals surface area contributed by atoms with Crippen LogP contribution < -0.4 is 14.5 Å². The monoisotopic (exact) mass is 615 g/mol. The number of carbonyl (C=O) groups excluding carboxylic acids is 1. The summed E-state index contributed by atoms with van der Waals surface area (Å²) >= 11 is 13.2. The number of fused-ring (bicyclic) bond motifs is 1. The Hall–Kier alpha value is -3.13. The molecule has 1 unspecified atom stereocenters. The van der Waals surface area contributed by atoms with Crippen molar-refractivity contribution in [3.63, 3.8) is 0 Å². The van der Waals surface area contributed by atoms with Crippen LogP contribution in [0.3, 0.4) is 0 Å². The van der Waals surface area contributed by atoms with E-state index in [2.05, 4.69) is 48.4 Å². The highest BCUT2D eigenvalue weighted by Crippen LogP contribution is 2.46. The van der Waals surface area contributed by atoms with Gasteiger partial charge >= 0.3 is 6.01 Å². The van der Waals surface area contributed by atoms with Crippen LogP contribution >= 0.6 is 23.2 Å². The van der Waals surface area contributed by atoms with Crippen LogP contribution in [0.1, 0.15) is 37.4 Å². The highest BCUT2D eigenvalue weighted by Gasteiger charge is 2.44. The maximum atomic E-state index is 13.8. The molecule has 9 nitrogen and oxygen atoms in total. The van der Waals surface area contributed by atoms with Gasteiger partial charge in [-0.05, 0) is 52.4 Å². The predicted octanol–water partition coefficient (Wildman–Crippen LogP) is 4.87. The van der Waals surface area contributed by atoms with Gasteiger partial charge in [0.05, 0.1) is 53.1 Å². The lowest BCUT2D eigenvalue weighted by Crippen LogP contribution is -2.56. The van der Waals surface area contributed by atoms with Crippen molar-refractivity contribution < 1.29 is 13.9 Å². The summed E-state index contributed by atoms with van der Waals surface area (Å²) < 4.78 is 20.1. The van der Waals surface area contributed by atoms with Gasteiger partial charge in [0, 0.05) is 43.2 Å². The number of amides is 1. The first kappa shape index (κ1) is 30.3. The number of anilines is 2. The zero-order valence-electron chi connectivity index (χ0n) is 24.2. The molecular weight excluding hydrogens is 580 g/mol. The molecule has 12 heteroatoms. The zero-order chi connectivity index (χ0) is 30.2. The van der Waals surface area contributed by atoms with Crippen LogP contribution in [0.4, 0.5) is 15.9 Å². The number of rotatable bonds is 9. The van der Waals surface area contributed by atoms with Gasteiger partial charge < -0.3 is 24.3 Å². The Labute approximate surface area is 256 Å². The van der Waals surface area contributed by atoms with Gasteiger partial charge in [-0.1, -0.05) is 35.8 Å². The summed E-state index contributed by atoms with van der Waals surface area (Å²) in [6.45, 7) is 8.16. The van der Waals surface area contributed by atoms with E-state index in [1.54, 1.807) is 0 Å². The molecule has 0 radical (unpaired) electrons. The quantitative estimate of drug-likeness (QED) is 0.369. The SMILES string of the molecule is C=C(F)C(=O)N1CCN(c2nc(OCC3(CN(C)C)CC3)nc3c2CC(C)N(c2c(Cl)cccc2Cl)C3)C[C@@H]1CC#N. The molecule has 1 aliphatic carbocycles. The number of aromatic nitrogens is 2. The van der Waals surface area contributed by atoms with Crippen molar-refractivity contribution in [2.75, 3.05) is 56.7 Å². The summed E-state index contributed by atoms with van der Waals surface area (Å²) in [6, 6.07) is 7.44. The molecule has 1 saturated heterocycles. The van der Waals surface area contributed by atoms with E-state index in [0.717, 1.165) is 42.1 Å². The van der Waals surface area contributed by atoms with Crippen molar-refractivity contribution in [2.24, 2.45) is 5.41 Å². The molecule has 1 saturated carbocycles. The lowest BCUT2D eigenvalue weighted by molar-refractivity contribution is -0.131. The molecule has 2 fully saturated rings. The maximum absolute atomic E-state index is 13.8. The second-order valence-corrected chi connectivity index (χ2v) is 12.7. The van der Waals surface area contributed by atoms with Gasteiger partial charge in [-0.25, -0.2) is 4.39 Å². The third-order valence-corrected chi connectivity index (χ3v) is 8.96. The van der Waals surface area contributed by atoms with Gasteiger partial charge in [0.1, 0.15) is 5.82 Å². The molecule has 2 aliphatic heterocycles. The van der Waals surface area contributed by atoms with Crippen molar-refractivity contribution >= 4 is 40.6 Å². The normalized spacial score (nSPS) is 21.1. The number of ether oxygens (including phenoxy) is 1. The largest absolute Gasteiger partial charge is 0.463 e. The number of hydrogen-bond donors (Lipinski definition) is 0. The average Bonchev–Trinajstić information content (AvgIpc) is 3.70. The second-order valence-electron chi connectivity index (χ2n) is 11.9. The minimum absolute atomic E-state index is 0.0338. The minimum atomic E-state index is -1.03. The van der Waals surface area contributed by atoms with Gasteiger partial charge in [-0.15, -0.1) is 0 Å². The number of nitriles is 1. The number of piperazine rings is 1. The van der Waals surface area contributed by atoms with Crippen molar-refractivity contribution in [3.8, 4) is 12.1 Å². The van der Waals surface area contributed by atoms with Crippen LogP contribution in [-0.4, -0.2) is 84.6 Å². The van der Waals surface area contributed by atoms with E-state index < -0.39 is 17.8 Å². The molecule has 2 atom stereocenters. The van der Waals surface area contributed by atoms with E-state index in [4.69, 9.17) is 37.9 Å².